The summed E-state index contributed by atoms with van der Waals surface area (Å²) < 4.78 is 0. The van der Waals surface area contributed by atoms with Crippen LogP contribution in [0.25, 0.3) is 0 Å². The van der Waals surface area contributed by atoms with Gasteiger partial charge in [0.15, 0.2) is 0 Å². The molecule has 0 heterocycles. The highest BCUT2D eigenvalue weighted by Crippen LogP contribution is 2.17. The fraction of sp³-hybridized carbons (Fsp3) is 0.263. The van der Waals surface area contributed by atoms with Gasteiger partial charge in [-0.2, -0.15) is 0 Å². The van der Waals surface area contributed by atoms with Crippen molar-refractivity contribution in [2.45, 2.75) is 26.4 Å². The quantitative estimate of drug-likeness (QED) is 0.560. The third-order valence-electron chi connectivity index (χ3n) is 3.98. The van der Waals surface area contributed by atoms with Gasteiger partial charge in [0, 0.05) is 28.8 Å². The van der Waals surface area contributed by atoms with Gasteiger partial charge in [-0.1, -0.05) is 43.6 Å². The number of rotatable bonds is 7. The molecule has 2 aromatic rings. The average molecular weight is 390 g/mol. The van der Waals surface area contributed by atoms with Gasteiger partial charge in [-0.15, -0.1) is 0 Å². The molecule has 0 aromatic heterocycles. The van der Waals surface area contributed by atoms with Crippen molar-refractivity contribution in [1.29, 1.82) is 0 Å². The van der Waals surface area contributed by atoms with Gasteiger partial charge >= 0.3 is 0 Å². The molecule has 142 valence electrons. The number of benzene rings is 2. The lowest BCUT2D eigenvalue weighted by molar-refractivity contribution is -0.385. The standard InChI is InChI=1S/C19H20ClN3O4/c1-12(2)17(22-18(24)13-7-9-15(20)10-8-13)19(25)21-11-14-5-3-4-6-16(14)23(26)27/h3-10,12,17H,11H2,1-2H3,(H,21,25)(H,22,24). The molecule has 0 radical (unpaired) electrons. The monoisotopic (exact) mass is 389 g/mol. The average Bonchev–Trinajstić information content (AvgIpc) is 2.64. The summed E-state index contributed by atoms with van der Waals surface area (Å²) in [5.74, 6) is -0.983. The van der Waals surface area contributed by atoms with Crippen molar-refractivity contribution in [3.05, 3.63) is 74.8 Å². The summed E-state index contributed by atoms with van der Waals surface area (Å²) in [4.78, 5) is 35.5. The first-order valence-corrected chi connectivity index (χ1v) is 8.74. The predicted molar refractivity (Wildman–Crippen MR) is 102 cm³/mol. The van der Waals surface area contributed by atoms with Gasteiger partial charge in [0.1, 0.15) is 6.04 Å². The van der Waals surface area contributed by atoms with E-state index in [9.17, 15) is 19.7 Å². The highest BCUT2D eigenvalue weighted by Gasteiger charge is 2.25. The van der Waals surface area contributed by atoms with E-state index < -0.39 is 22.8 Å². The van der Waals surface area contributed by atoms with Crippen LogP contribution in [0.15, 0.2) is 48.5 Å². The van der Waals surface area contributed by atoms with Gasteiger partial charge in [0.2, 0.25) is 5.91 Å². The molecule has 2 aromatic carbocycles. The minimum absolute atomic E-state index is 0.00395. The van der Waals surface area contributed by atoms with E-state index in [1.165, 1.54) is 6.07 Å². The summed E-state index contributed by atoms with van der Waals surface area (Å²) >= 11 is 5.81. The zero-order valence-corrected chi connectivity index (χ0v) is 15.7. The molecular weight excluding hydrogens is 370 g/mol. The predicted octanol–water partition coefficient (Wildman–Crippen LogP) is 3.32. The highest BCUT2D eigenvalue weighted by atomic mass is 35.5. The van der Waals surface area contributed by atoms with Crippen LogP contribution < -0.4 is 10.6 Å². The van der Waals surface area contributed by atoms with E-state index in [0.717, 1.165) is 0 Å². The molecule has 0 aliphatic rings. The summed E-state index contributed by atoms with van der Waals surface area (Å²) in [5.41, 5.74) is 0.711. The van der Waals surface area contributed by atoms with E-state index in [1.807, 2.05) is 0 Å². The Bertz CT molecular complexity index is 837. The molecule has 0 aliphatic carbocycles. The number of nitrogens with zero attached hydrogens (tertiary/aromatic N) is 1. The van der Waals surface area contributed by atoms with Crippen LogP contribution in [0.4, 0.5) is 5.69 Å². The molecule has 0 fully saturated rings. The first kappa shape index (κ1) is 20.4. The maximum absolute atomic E-state index is 12.5. The van der Waals surface area contributed by atoms with Crippen LogP contribution in [-0.2, 0) is 11.3 Å². The summed E-state index contributed by atoms with van der Waals surface area (Å²) in [6, 6.07) is 11.7. The van der Waals surface area contributed by atoms with E-state index in [1.54, 1.807) is 56.3 Å². The zero-order valence-electron chi connectivity index (χ0n) is 14.9. The fourth-order valence-electron chi connectivity index (χ4n) is 2.49. The SMILES string of the molecule is CC(C)C(NC(=O)c1ccc(Cl)cc1)C(=O)NCc1ccccc1[N+](=O)[O-]. The van der Waals surface area contributed by atoms with Gasteiger partial charge < -0.3 is 10.6 Å². The summed E-state index contributed by atoms with van der Waals surface area (Å²) in [6.45, 7) is 3.60. The number of amides is 2. The van der Waals surface area contributed by atoms with Crippen LogP contribution in [0.3, 0.4) is 0 Å². The molecular formula is C19H20ClN3O4. The number of carbonyl (C=O) groups excluding carboxylic acids is 2. The van der Waals surface area contributed by atoms with Crippen LogP contribution in [0.2, 0.25) is 5.02 Å². The van der Waals surface area contributed by atoms with Crippen molar-refractivity contribution >= 4 is 29.1 Å². The molecule has 27 heavy (non-hydrogen) atoms. The van der Waals surface area contributed by atoms with Crippen molar-refractivity contribution in [3.63, 3.8) is 0 Å². The van der Waals surface area contributed by atoms with Crippen LogP contribution in [0, 0.1) is 16.0 Å². The molecule has 7 nitrogen and oxygen atoms in total. The maximum atomic E-state index is 12.5. The van der Waals surface area contributed by atoms with Crippen molar-refractivity contribution in [3.8, 4) is 0 Å². The molecule has 1 unspecified atom stereocenters. The number of nitrogens with one attached hydrogen (secondary N) is 2. The number of nitro groups is 1. The second-order valence-corrected chi connectivity index (χ2v) is 6.74. The van der Waals surface area contributed by atoms with Crippen LogP contribution in [0.1, 0.15) is 29.8 Å². The highest BCUT2D eigenvalue weighted by molar-refractivity contribution is 6.30. The lowest BCUT2D eigenvalue weighted by atomic mass is 10.0. The van der Waals surface area contributed by atoms with Crippen LogP contribution >= 0.6 is 11.6 Å². The Kier molecular flexibility index (Phi) is 6.90. The topological polar surface area (TPSA) is 101 Å². The largest absolute Gasteiger partial charge is 0.350 e. The van der Waals surface area contributed by atoms with Crippen LogP contribution in [0.5, 0.6) is 0 Å². The van der Waals surface area contributed by atoms with Crippen LogP contribution in [-0.4, -0.2) is 22.8 Å². The van der Waals surface area contributed by atoms with E-state index >= 15 is 0 Å². The molecule has 2 rings (SSSR count). The Labute approximate surface area is 161 Å². The number of hydrogen-bond donors (Lipinski definition) is 2. The van der Waals surface area contributed by atoms with Gasteiger partial charge in [-0.3, -0.25) is 19.7 Å². The number of hydrogen-bond acceptors (Lipinski definition) is 4. The first-order chi connectivity index (χ1) is 12.8. The normalized spacial score (nSPS) is 11.7. The van der Waals surface area contributed by atoms with Gasteiger partial charge in [-0.25, -0.2) is 0 Å². The molecule has 0 aliphatic heterocycles. The van der Waals surface area contributed by atoms with Gasteiger partial charge in [-0.05, 0) is 30.2 Å². The fourth-order valence-corrected chi connectivity index (χ4v) is 2.62. The Hall–Kier alpha value is -2.93. The molecule has 0 saturated carbocycles. The minimum atomic E-state index is -0.782. The minimum Gasteiger partial charge on any atom is -0.350 e. The Morgan fingerprint density at radius 2 is 1.74 bits per heavy atom. The number of halogens is 1. The van der Waals surface area contributed by atoms with Crippen molar-refractivity contribution < 1.29 is 14.5 Å². The first-order valence-electron chi connectivity index (χ1n) is 8.36. The maximum Gasteiger partial charge on any atom is 0.274 e. The number of nitro benzene ring substituents is 1. The Morgan fingerprint density at radius 1 is 1.11 bits per heavy atom. The van der Waals surface area contributed by atoms with Crippen molar-refractivity contribution in [2.75, 3.05) is 0 Å². The molecule has 2 N–H and O–H groups in total. The number of para-hydroxylation sites is 1. The van der Waals surface area contributed by atoms with E-state index in [2.05, 4.69) is 10.6 Å². The zero-order chi connectivity index (χ0) is 20.0. The smallest absolute Gasteiger partial charge is 0.274 e. The third kappa shape index (κ3) is 5.52. The van der Waals surface area contributed by atoms with E-state index in [-0.39, 0.29) is 18.2 Å². The van der Waals surface area contributed by atoms with Crippen molar-refractivity contribution in [2.24, 2.45) is 5.92 Å². The Morgan fingerprint density at radius 3 is 2.33 bits per heavy atom. The molecule has 1 atom stereocenters. The van der Waals surface area contributed by atoms with Gasteiger partial charge in [0.05, 0.1) is 4.92 Å². The summed E-state index contributed by atoms with van der Waals surface area (Å²) in [7, 11) is 0. The van der Waals surface area contributed by atoms with Gasteiger partial charge in [0.25, 0.3) is 11.6 Å². The molecule has 0 saturated heterocycles. The second kappa shape index (κ2) is 9.14. The van der Waals surface area contributed by atoms with E-state index in [0.29, 0.717) is 16.1 Å². The lowest BCUT2D eigenvalue weighted by Crippen LogP contribution is -2.49. The summed E-state index contributed by atoms with van der Waals surface area (Å²) in [6.07, 6.45) is 0. The summed E-state index contributed by atoms with van der Waals surface area (Å²) in [5, 5.41) is 16.9. The van der Waals surface area contributed by atoms with Crippen molar-refractivity contribution in [1.82, 2.24) is 10.6 Å². The lowest BCUT2D eigenvalue weighted by Gasteiger charge is -2.21. The third-order valence-corrected chi connectivity index (χ3v) is 4.24. The molecule has 0 spiro atoms. The second-order valence-electron chi connectivity index (χ2n) is 6.31. The Balaban J connectivity index is 2.06. The van der Waals surface area contributed by atoms with E-state index in [4.69, 9.17) is 11.6 Å². The number of carbonyl (C=O) groups is 2. The molecule has 2 amide bonds. The molecule has 8 heteroatoms. The molecule has 0 bridgehead atoms.